The minimum absolute atomic E-state index is 0.0436. The predicted octanol–water partition coefficient (Wildman–Crippen LogP) is 13.6. The van der Waals surface area contributed by atoms with Crippen molar-refractivity contribution in [2.45, 2.75) is 192 Å². The van der Waals surface area contributed by atoms with E-state index in [9.17, 15) is 71.0 Å². The fourth-order valence-electron chi connectivity index (χ4n) is 15.1. The molecule has 1 unspecified atom stereocenters. The number of hydrogen-bond donors (Lipinski definition) is 5. The molecular weight excluding hydrogens is 1560 g/mol. The van der Waals surface area contributed by atoms with E-state index in [1.165, 1.54) is 32.2 Å². The van der Waals surface area contributed by atoms with Crippen molar-refractivity contribution in [2.75, 3.05) is 71.4 Å². The molecule has 5 aromatic carbocycles. The Hall–Kier alpha value is -9.46. The van der Waals surface area contributed by atoms with Gasteiger partial charge in [0.05, 0.1) is 76.6 Å². The molecule has 0 saturated carbocycles. The first-order chi connectivity index (χ1) is 56.0. The second kappa shape index (κ2) is 45.6. The lowest BCUT2D eigenvalue weighted by Gasteiger charge is -2.41. The van der Waals surface area contributed by atoms with Gasteiger partial charge in [-0.25, -0.2) is 14.5 Å². The SMILES string of the molecule is CCC(C)[C@@H]([C@@H](CC(=O)N1CCC[C@H]1[C@H](OC)[C@@H](C)C(=O)C[C@H](C)[C@@H](O)c1ccccc1)OC)N(C)C(=O)[C@@H](CC(=O)[C@H](C(C)C)N(C)C(=O)OCc1ccc(NC(=O)[C@H](CCCNC(N)=O)CC(=O)[C@@H](NC(=O)COCCOc2ccc(N3C(=O)C(Sc4ccccc4)=C(Sc4ccccc4)C3=O)c(C(F)(F)F)c2)C(C)C)cc1)C(C)C. The number of hydrogen-bond acceptors (Lipinski definition) is 19. The molecule has 0 aromatic heterocycles. The standard InChI is InChI=1S/C88H115F3N8O17S2/c1-15-55(8)77(72(112-13)49-74(104)98-42-26-34-68(98)79(113-14)57(10)69(100)45-56(9)78(105)59-27-19-16-20-28-59)96(11)83(107)65(52(2)3)48-71(102)76(54(6)7)97(12)87(111)116-50-58-35-37-61(38-36-58)94-82(106)60(29-25-41-93-86(92)110)46-70(101)75(53(4)5)95-73(103)51-114-43-44-115-62-39-40-67(66(47-62)88(89,90)91)99-84(108)80(117-63-30-21-17-22-31-63)81(85(99)109)118-64-32-23-18-24-33-64/h16-24,27-28,30-33,35-40,47,52-57,60,65,68,72,75-79,105H,15,25-26,29,34,41-46,48-51H2,1-14H3,(H,94,106)(H,95,103)(H3,92,93,110)/t55?,56-,57-,60+,65-,68-,72+,75-,76-,77-,78+,79+/m0/s1. The molecule has 1 fully saturated rings. The number of methoxy groups -OCH3 is 2. The topological polar surface area (TPSA) is 329 Å². The van der Waals surface area contributed by atoms with Gasteiger partial charge in [0.25, 0.3) is 11.8 Å². The first kappa shape index (κ1) is 95.7. The summed E-state index contributed by atoms with van der Waals surface area (Å²) in [6, 6.07) is 31.7. The lowest BCUT2D eigenvalue weighted by atomic mass is 9.83. The van der Waals surface area contributed by atoms with Crippen LogP contribution in [-0.2, 0) is 74.9 Å². The van der Waals surface area contributed by atoms with E-state index in [2.05, 4.69) is 16.0 Å². The van der Waals surface area contributed by atoms with E-state index in [1.54, 1.807) is 136 Å². The summed E-state index contributed by atoms with van der Waals surface area (Å²) in [5.41, 5.74) is 4.82. The second-order valence-electron chi connectivity index (χ2n) is 31.3. The molecule has 2 aliphatic heterocycles. The molecule has 0 bridgehead atoms. The number of urea groups is 1. The van der Waals surface area contributed by atoms with Gasteiger partial charge in [-0.3, -0.25) is 43.2 Å². The maximum Gasteiger partial charge on any atom is 0.418 e. The van der Waals surface area contributed by atoms with Crippen LogP contribution in [-0.4, -0.2) is 182 Å². The van der Waals surface area contributed by atoms with Crippen molar-refractivity contribution in [1.82, 2.24) is 25.3 Å². The molecule has 30 heteroatoms. The van der Waals surface area contributed by atoms with Gasteiger partial charge >= 0.3 is 18.3 Å². The number of likely N-dealkylation sites (tertiary alicyclic amines) is 1. The van der Waals surface area contributed by atoms with Crippen molar-refractivity contribution in [3.63, 3.8) is 0 Å². The van der Waals surface area contributed by atoms with Crippen molar-refractivity contribution in [1.29, 1.82) is 0 Å². The molecule has 6 N–H and O–H groups in total. The van der Waals surface area contributed by atoms with Crippen LogP contribution in [0, 0.1) is 47.3 Å². The summed E-state index contributed by atoms with van der Waals surface area (Å²) in [5, 5.41) is 19.0. The normalized spacial score (nSPS) is 16.6. The van der Waals surface area contributed by atoms with Gasteiger partial charge in [-0.1, -0.05) is 178 Å². The number of imide groups is 1. The molecule has 2 aliphatic rings. The summed E-state index contributed by atoms with van der Waals surface area (Å²) in [6.45, 7) is 17.3. The average molecular weight is 1680 g/mol. The molecule has 9 amide bonds. The third kappa shape index (κ3) is 26.5. The number of halogens is 3. The number of aliphatic hydroxyl groups excluding tert-OH is 1. The Morgan fingerprint density at radius 1 is 0.686 bits per heavy atom. The molecule has 5 aromatic rings. The number of rotatable bonds is 46. The van der Waals surface area contributed by atoms with E-state index in [0.29, 0.717) is 57.8 Å². The Kier molecular flexibility index (Phi) is 37.0. The van der Waals surface area contributed by atoms with Crippen LogP contribution in [0.4, 0.5) is 34.1 Å². The molecule has 0 radical (unpaired) electrons. The molecule has 12 atom stereocenters. The average Bonchev–Trinajstić information content (AvgIpc) is 1.60. The molecule has 0 spiro atoms. The Balaban J connectivity index is 0.909. The molecule has 2 heterocycles. The number of amides is 9. The summed E-state index contributed by atoms with van der Waals surface area (Å²) in [4.78, 5) is 159. The molecule has 7 rings (SSSR count). The monoisotopic (exact) mass is 1680 g/mol. The number of thioether (sulfide) groups is 2. The molecule has 642 valence electrons. The third-order valence-electron chi connectivity index (χ3n) is 21.7. The van der Waals surface area contributed by atoms with Crippen molar-refractivity contribution < 1.29 is 94.7 Å². The van der Waals surface area contributed by atoms with Crippen molar-refractivity contribution in [2.24, 2.45) is 53.1 Å². The highest BCUT2D eigenvalue weighted by Gasteiger charge is 2.47. The van der Waals surface area contributed by atoms with E-state index < -0.39 is 138 Å². The fraction of sp³-hybridized carbons (Fsp3) is 0.511. The number of nitrogens with one attached hydrogen (secondary N) is 3. The van der Waals surface area contributed by atoms with Crippen molar-refractivity contribution in [3.05, 3.63) is 160 Å². The molecular formula is C88H115F3N8O17S2. The van der Waals surface area contributed by atoms with Gasteiger partial charge in [0, 0.05) is 93.9 Å². The van der Waals surface area contributed by atoms with Gasteiger partial charge in [-0.2, -0.15) is 13.2 Å². The molecule has 0 aliphatic carbocycles. The number of benzene rings is 5. The van der Waals surface area contributed by atoms with Crippen molar-refractivity contribution in [3.8, 4) is 5.75 Å². The molecule has 1 saturated heterocycles. The van der Waals surface area contributed by atoms with Crippen LogP contribution >= 0.6 is 23.5 Å². The van der Waals surface area contributed by atoms with Crippen LogP contribution in [0.3, 0.4) is 0 Å². The quantitative estimate of drug-likeness (QED) is 0.0178. The molecule has 25 nitrogen and oxygen atoms in total. The van der Waals surface area contributed by atoms with E-state index in [4.69, 9.17) is 29.4 Å². The number of aliphatic hydroxyl groups is 1. The van der Waals surface area contributed by atoms with E-state index in [1.807, 2.05) is 65.0 Å². The van der Waals surface area contributed by atoms with Crippen LogP contribution in [0.2, 0.25) is 0 Å². The van der Waals surface area contributed by atoms with Gasteiger partial charge < -0.3 is 65.2 Å². The Morgan fingerprint density at radius 3 is 1.83 bits per heavy atom. The maximum atomic E-state index is 15.0. The van der Waals surface area contributed by atoms with E-state index in [0.717, 1.165) is 35.2 Å². The van der Waals surface area contributed by atoms with Gasteiger partial charge in [-0.05, 0) is 121 Å². The summed E-state index contributed by atoms with van der Waals surface area (Å²) in [7, 11) is 6.17. The first-order valence-corrected chi connectivity index (χ1v) is 41.7. The highest BCUT2D eigenvalue weighted by atomic mass is 32.2. The van der Waals surface area contributed by atoms with Crippen LogP contribution < -0.4 is 31.3 Å². The first-order valence-electron chi connectivity index (χ1n) is 40.1. The number of anilines is 2. The van der Waals surface area contributed by atoms with E-state index in [-0.39, 0.29) is 122 Å². The number of nitrogens with two attached hydrogens (primary N) is 1. The largest absolute Gasteiger partial charge is 0.491 e. The van der Waals surface area contributed by atoms with Gasteiger partial charge in [0.1, 0.15) is 31.4 Å². The lowest BCUT2D eigenvalue weighted by Crippen LogP contribution is -2.54. The zero-order valence-corrected chi connectivity index (χ0v) is 71.4. The highest BCUT2D eigenvalue weighted by Crippen LogP contribution is 2.48. The smallest absolute Gasteiger partial charge is 0.418 e. The second-order valence-corrected chi connectivity index (χ2v) is 33.4. The summed E-state index contributed by atoms with van der Waals surface area (Å²) < 4.78 is 73.7. The summed E-state index contributed by atoms with van der Waals surface area (Å²) in [5.74, 6) is -9.11. The number of nitrogens with zero attached hydrogens (tertiary/aromatic N) is 4. The number of primary amides is 1. The number of likely N-dealkylation sites (N-methyl/N-ethyl adjacent to an activating group) is 2. The Bertz CT molecular complexity index is 4190. The van der Waals surface area contributed by atoms with Crippen molar-refractivity contribution >= 4 is 99.8 Å². The third-order valence-corrected chi connectivity index (χ3v) is 24.0. The van der Waals surface area contributed by atoms with E-state index >= 15 is 0 Å². The molecule has 118 heavy (non-hydrogen) atoms. The predicted molar refractivity (Wildman–Crippen MR) is 444 cm³/mol. The number of Topliss-reactive ketones (excluding diaryl/α,β-unsaturated/α-hetero) is 3. The lowest BCUT2D eigenvalue weighted by molar-refractivity contribution is -0.149. The number of carbonyl (C=O) groups is 11. The minimum Gasteiger partial charge on any atom is -0.491 e. The van der Waals surface area contributed by atoms with Crippen LogP contribution in [0.1, 0.15) is 150 Å². The Morgan fingerprint density at radius 2 is 1.29 bits per heavy atom. The number of ketones is 3. The minimum atomic E-state index is -5.05. The zero-order valence-electron chi connectivity index (χ0n) is 69.8. The van der Waals surface area contributed by atoms with Gasteiger partial charge in [0.15, 0.2) is 11.6 Å². The number of alkyl halides is 3. The zero-order chi connectivity index (χ0) is 86.8. The number of carbonyl (C=O) groups excluding carboxylic acids is 11. The number of ether oxygens (including phenoxy) is 5. The Labute approximate surface area is 698 Å². The highest BCUT2D eigenvalue weighted by molar-refractivity contribution is 8.08. The summed E-state index contributed by atoms with van der Waals surface area (Å²) >= 11 is 1.93. The van der Waals surface area contributed by atoms with Crippen LogP contribution in [0.25, 0.3) is 0 Å². The van der Waals surface area contributed by atoms with Crippen LogP contribution in [0.5, 0.6) is 5.75 Å². The maximum absolute atomic E-state index is 15.0. The summed E-state index contributed by atoms with van der Waals surface area (Å²) in [6.07, 6.45) is -6.37. The van der Waals surface area contributed by atoms with Gasteiger partial charge in [0.2, 0.25) is 23.6 Å². The fourth-order valence-corrected chi connectivity index (χ4v) is 17.1. The van der Waals surface area contributed by atoms with Gasteiger partial charge in [-0.15, -0.1) is 0 Å². The van der Waals surface area contributed by atoms with Crippen LogP contribution in [0.15, 0.2) is 153 Å².